The molecule has 2 rings (SSSR count). The molecule has 0 aliphatic rings. The van der Waals surface area contributed by atoms with Gasteiger partial charge in [-0.15, -0.1) is 11.3 Å². The summed E-state index contributed by atoms with van der Waals surface area (Å²) in [5.74, 6) is 0. The molecular weight excluding hydrogens is 228 g/mol. The van der Waals surface area contributed by atoms with Gasteiger partial charge in [0.15, 0.2) is 0 Å². The number of fused-ring (bicyclic) bond motifs is 1. The fraction of sp³-hybridized carbons (Fsp3) is 0.357. The van der Waals surface area contributed by atoms with Crippen LogP contribution in [0.3, 0.4) is 0 Å². The number of nitriles is 1. The number of nitrogens with zero attached hydrogens (tertiary/aromatic N) is 2. The summed E-state index contributed by atoms with van der Waals surface area (Å²) in [6.45, 7) is 5.61. The molecule has 0 saturated carbocycles. The lowest BCUT2D eigenvalue weighted by Crippen LogP contribution is -2.30. The Morgan fingerprint density at radius 2 is 2.12 bits per heavy atom. The molecule has 2 aromatic rings. The highest BCUT2D eigenvalue weighted by atomic mass is 32.1. The largest absolute Gasteiger partial charge is 0.284 e. The summed E-state index contributed by atoms with van der Waals surface area (Å²) in [5, 5.41) is 12.4. The van der Waals surface area contributed by atoms with Gasteiger partial charge in [0.1, 0.15) is 0 Å². The molecule has 0 saturated heterocycles. The standard InChI is InChI=1S/C14H16N2S/c1-11(2)16(8-7-15)9-12-10-17-14-6-4-3-5-13(12)14/h3-6,10-11H,8-9H2,1-2H3. The highest BCUT2D eigenvalue weighted by Gasteiger charge is 2.12. The Balaban J connectivity index is 2.25. The van der Waals surface area contributed by atoms with Gasteiger partial charge in [0.25, 0.3) is 0 Å². The van der Waals surface area contributed by atoms with Gasteiger partial charge in [-0.3, -0.25) is 4.90 Å². The van der Waals surface area contributed by atoms with Crippen molar-refractivity contribution in [1.82, 2.24) is 4.90 Å². The highest BCUT2D eigenvalue weighted by molar-refractivity contribution is 7.17. The number of rotatable bonds is 4. The minimum absolute atomic E-state index is 0.397. The van der Waals surface area contributed by atoms with Crippen molar-refractivity contribution in [3.63, 3.8) is 0 Å². The monoisotopic (exact) mass is 244 g/mol. The second-order valence-corrected chi connectivity index (χ2v) is 5.33. The van der Waals surface area contributed by atoms with Crippen molar-refractivity contribution in [2.45, 2.75) is 26.4 Å². The van der Waals surface area contributed by atoms with E-state index in [-0.39, 0.29) is 0 Å². The Morgan fingerprint density at radius 3 is 2.82 bits per heavy atom. The lowest BCUT2D eigenvalue weighted by atomic mass is 10.1. The molecule has 0 unspecified atom stereocenters. The van der Waals surface area contributed by atoms with Gasteiger partial charge in [-0.2, -0.15) is 5.26 Å². The Kier molecular flexibility index (Phi) is 3.78. The third kappa shape index (κ3) is 2.66. The minimum atomic E-state index is 0.397. The maximum Gasteiger partial charge on any atom is 0.0871 e. The zero-order chi connectivity index (χ0) is 12.3. The molecule has 88 valence electrons. The Hall–Kier alpha value is -1.37. The van der Waals surface area contributed by atoms with Crippen molar-refractivity contribution in [2.75, 3.05) is 6.54 Å². The van der Waals surface area contributed by atoms with Gasteiger partial charge in [0, 0.05) is 17.3 Å². The van der Waals surface area contributed by atoms with Crippen molar-refractivity contribution in [3.05, 3.63) is 35.2 Å². The molecule has 0 aliphatic heterocycles. The van der Waals surface area contributed by atoms with E-state index in [1.165, 1.54) is 15.6 Å². The van der Waals surface area contributed by atoms with Crippen molar-refractivity contribution in [2.24, 2.45) is 0 Å². The van der Waals surface area contributed by atoms with Crippen molar-refractivity contribution < 1.29 is 0 Å². The Labute approximate surface area is 106 Å². The third-order valence-corrected chi connectivity index (χ3v) is 3.95. The first kappa shape index (κ1) is 12.1. The van der Waals surface area contributed by atoms with Gasteiger partial charge >= 0.3 is 0 Å². The highest BCUT2D eigenvalue weighted by Crippen LogP contribution is 2.26. The molecule has 1 aromatic heterocycles. The first-order valence-electron chi connectivity index (χ1n) is 5.78. The van der Waals surface area contributed by atoms with E-state index in [9.17, 15) is 0 Å². The molecule has 2 nitrogen and oxygen atoms in total. The SMILES string of the molecule is CC(C)N(CC#N)Cc1csc2ccccc12. The number of thiophene rings is 1. The van der Waals surface area contributed by atoms with E-state index >= 15 is 0 Å². The normalized spacial score (nSPS) is 11.2. The van der Waals surface area contributed by atoms with Gasteiger partial charge in [0.05, 0.1) is 12.6 Å². The average molecular weight is 244 g/mol. The fourth-order valence-corrected chi connectivity index (χ4v) is 2.84. The van der Waals surface area contributed by atoms with E-state index in [1.807, 2.05) is 0 Å². The summed E-state index contributed by atoms with van der Waals surface area (Å²) < 4.78 is 1.32. The molecule has 0 amide bonds. The Bertz CT molecular complexity index is 536. The van der Waals surface area contributed by atoms with E-state index in [4.69, 9.17) is 5.26 Å². The predicted molar refractivity (Wildman–Crippen MR) is 73.0 cm³/mol. The zero-order valence-corrected chi connectivity index (χ0v) is 11.0. The van der Waals surface area contributed by atoms with E-state index in [0.29, 0.717) is 12.6 Å². The fourth-order valence-electron chi connectivity index (χ4n) is 1.89. The van der Waals surface area contributed by atoms with Crippen LogP contribution in [-0.4, -0.2) is 17.5 Å². The zero-order valence-electron chi connectivity index (χ0n) is 10.2. The molecule has 1 heterocycles. The molecule has 0 radical (unpaired) electrons. The second kappa shape index (κ2) is 5.31. The van der Waals surface area contributed by atoms with Gasteiger partial charge in [-0.05, 0) is 36.2 Å². The second-order valence-electron chi connectivity index (χ2n) is 4.41. The molecule has 0 fully saturated rings. The maximum absolute atomic E-state index is 8.84. The van der Waals surface area contributed by atoms with E-state index in [0.717, 1.165) is 6.54 Å². The first-order valence-corrected chi connectivity index (χ1v) is 6.66. The first-order chi connectivity index (χ1) is 8.22. The third-order valence-electron chi connectivity index (χ3n) is 2.94. The molecule has 0 atom stereocenters. The Morgan fingerprint density at radius 1 is 1.35 bits per heavy atom. The predicted octanol–water partition coefficient (Wildman–Crippen LogP) is 3.64. The summed E-state index contributed by atoms with van der Waals surface area (Å²) in [6.07, 6.45) is 0. The van der Waals surface area contributed by atoms with Crippen molar-refractivity contribution in [3.8, 4) is 6.07 Å². The van der Waals surface area contributed by atoms with Crippen LogP contribution < -0.4 is 0 Å². The van der Waals surface area contributed by atoms with Gasteiger partial charge < -0.3 is 0 Å². The molecule has 1 aromatic carbocycles. The molecule has 0 spiro atoms. The molecule has 0 aliphatic carbocycles. The molecule has 17 heavy (non-hydrogen) atoms. The quantitative estimate of drug-likeness (QED) is 0.768. The summed E-state index contributed by atoms with van der Waals surface area (Å²) in [5.41, 5.74) is 1.33. The van der Waals surface area contributed by atoms with Crippen LogP contribution >= 0.6 is 11.3 Å². The number of hydrogen-bond donors (Lipinski definition) is 0. The molecule has 0 bridgehead atoms. The van der Waals surface area contributed by atoms with E-state index < -0.39 is 0 Å². The molecular formula is C14H16N2S. The van der Waals surface area contributed by atoms with Gasteiger partial charge in [-0.25, -0.2) is 0 Å². The van der Waals surface area contributed by atoms with Crippen LogP contribution in [0.25, 0.3) is 10.1 Å². The van der Waals surface area contributed by atoms with Gasteiger partial charge in [-0.1, -0.05) is 18.2 Å². The lowest BCUT2D eigenvalue weighted by Gasteiger charge is -2.23. The minimum Gasteiger partial charge on any atom is -0.284 e. The van der Waals surface area contributed by atoms with Crippen LogP contribution in [0.15, 0.2) is 29.6 Å². The summed E-state index contributed by atoms with van der Waals surface area (Å²) in [6, 6.07) is 11.1. The van der Waals surface area contributed by atoms with Crippen LogP contribution in [0.1, 0.15) is 19.4 Å². The van der Waals surface area contributed by atoms with Crippen LogP contribution in [0.4, 0.5) is 0 Å². The average Bonchev–Trinajstić information content (AvgIpc) is 2.72. The van der Waals surface area contributed by atoms with Crippen LogP contribution in [-0.2, 0) is 6.54 Å². The number of benzene rings is 1. The molecule has 0 N–H and O–H groups in total. The van der Waals surface area contributed by atoms with Crippen LogP contribution in [0.2, 0.25) is 0 Å². The van der Waals surface area contributed by atoms with Crippen LogP contribution in [0.5, 0.6) is 0 Å². The summed E-state index contributed by atoms with van der Waals surface area (Å²) >= 11 is 1.78. The lowest BCUT2D eigenvalue weighted by molar-refractivity contribution is 0.241. The smallest absolute Gasteiger partial charge is 0.0871 e. The van der Waals surface area contributed by atoms with E-state index in [1.54, 1.807) is 11.3 Å². The van der Waals surface area contributed by atoms with Gasteiger partial charge in [0.2, 0.25) is 0 Å². The summed E-state index contributed by atoms with van der Waals surface area (Å²) in [7, 11) is 0. The molecule has 3 heteroatoms. The van der Waals surface area contributed by atoms with Crippen LogP contribution in [0, 0.1) is 11.3 Å². The van der Waals surface area contributed by atoms with Crippen molar-refractivity contribution in [1.29, 1.82) is 5.26 Å². The maximum atomic E-state index is 8.84. The summed E-state index contributed by atoms with van der Waals surface area (Å²) in [4.78, 5) is 2.19. The topological polar surface area (TPSA) is 27.0 Å². The number of hydrogen-bond acceptors (Lipinski definition) is 3. The van der Waals surface area contributed by atoms with E-state index in [2.05, 4.69) is 54.5 Å². The van der Waals surface area contributed by atoms with Crippen molar-refractivity contribution >= 4 is 21.4 Å².